The van der Waals surface area contributed by atoms with Gasteiger partial charge in [0.2, 0.25) is 0 Å². The molecular formula is C12H14FN3O. The van der Waals surface area contributed by atoms with Gasteiger partial charge in [-0.2, -0.15) is 0 Å². The van der Waals surface area contributed by atoms with Gasteiger partial charge in [-0.1, -0.05) is 17.1 Å². The maximum absolute atomic E-state index is 13.1. The normalized spacial score (nSPS) is 10.8. The van der Waals surface area contributed by atoms with Crippen LogP contribution < -0.4 is 11.1 Å². The lowest BCUT2D eigenvalue weighted by atomic mass is 10.1. The molecular weight excluding hydrogens is 221 g/mol. The summed E-state index contributed by atoms with van der Waals surface area (Å²) in [4.78, 5) is 0. The van der Waals surface area contributed by atoms with Crippen molar-refractivity contribution in [2.75, 3.05) is 6.54 Å². The maximum atomic E-state index is 13.1. The fourth-order valence-corrected chi connectivity index (χ4v) is 1.34. The van der Waals surface area contributed by atoms with Gasteiger partial charge in [0.25, 0.3) is 0 Å². The second-order valence-corrected chi connectivity index (χ2v) is 3.32. The minimum absolute atomic E-state index is 0.108. The highest BCUT2D eigenvalue weighted by atomic mass is 19.1. The number of amidine groups is 1. The first-order chi connectivity index (χ1) is 8.19. The van der Waals surface area contributed by atoms with E-state index in [1.807, 2.05) is 0 Å². The molecule has 17 heavy (non-hydrogen) atoms. The van der Waals surface area contributed by atoms with E-state index in [1.165, 1.54) is 12.1 Å². The molecule has 1 aromatic rings. The first kappa shape index (κ1) is 13.0. The van der Waals surface area contributed by atoms with Crippen LogP contribution in [0.3, 0.4) is 0 Å². The number of oxime groups is 1. The van der Waals surface area contributed by atoms with Gasteiger partial charge in [0.1, 0.15) is 5.82 Å². The quantitative estimate of drug-likeness (QED) is 0.182. The van der Waals surface area contributed by atoms with Crippen LogP contribution in [0.15, 0.2) is 23.4 Å². The minimum Gasteiger partial charge on any atom is -0.409 e. The van der Waals surface area contributed by atoms with Crippen molar-refractivity contribution in [2.24, 2.45) is 10.9 Å². The summed E-state index contributed by atoms with van der Waals surface area (Å²) in [6.07, 6.45) is 0. The predicted octanol–water partition coefficient (Wildman–Crippen LogP) is 1.03. The molecule has 0 unspecified atom stereocenters. The van der Waals surface area contributed by atoms with Crippen LogP contribution in [-0.4, -0.2) is 17.6 Å². The second-order valence-electron chi connectivity index (χ2n) is 3.32. The lowest BCUT2D eigenvalue weighted by Gasteiger charge is -2.08. The van der Waals surface area contributed by atoms with E-state index < -0.39 is 5.82 Å². The largest absolute Gasteiger partial charge is 0.409 e. The molecule has 0 aliphatic heterocycles. The number of hydrogen-bond acceptors (Lipinski definition) is 3. The molecule has 4 nitrogen and oxygen atoms in total. The van der Waals surface area contributed by atoms with Gasteiger partial charge in [-0.15, -0.1) is 5.92 Å². The third-order valence-corrected chi connectivity index (χ3v) is 2.16. The molecule has 0 aromatic heterocycles. The van der Waals surface area contributed by atoms with Crippen molar-refractivity contribution < 1.29 is 9.60 Å². The van der Waals surface area contributed by atoms with Crippen LogP contribution in [0, 0.1) is 17.7 Å². The third-order valence-electron chi connectivity index (χ3n) is 2.16. The Morgan fingerprint density at radius 3 is 3.00 bits per heavy atom. The first-order valence-electron chi connectivity index (χ1n) is 5.05. The van der Waals surface area contributed by atoms with Crippen LogP contribution in [0.5, 0.6) is 0 Å². The summed E-state index contributed by atoms with van der Waals surface area (Å²) >= 11 is 0. The van der Waals surface area contributed by atoms with Crippen LogP contribution in [0.25, 0.3) is 0 Å². The van der Waals surface area contributed by atoms with Crippen molar-refractivity contribution in [3.05, 3.63) is 35.1 Å². The van der Waals surface area contributed by atoms with Gasteiger partial charge in [0.05, 0.1) is 6.54 Å². The van der Waals surface area contributed by atoms with Gasteiger partial charge in [-0.3, -0.25) is 0 Å². The Balaban J connectivity index is 2.85. The van der Waals surface area contributed by atoms with Crippen molar-refractivity contribution in [3.63, 3.8) is 0 Å². The highest BCUT2D eigenvalue weighted by Gasteiger charge is 2.08. The fraction of sp³-hybridized carbons (Fsp3) is 0.250. The zero-order valence-electron chi connectivity index (χ0n) is 9.50. The molecule has 0 saturated heterocycles. The molecule has 4 N–H and O–H groups in total. The lowest BCUT2D eigenvalue weighted by molar-refractivity contribution is 0.318. The molecule has 0 amide bonds. The summed E-state index contributed by atoms with van der Waals surface area (Å²) in [5.74, 6) is 5.06. The SMILES string of the molecule is CC#CCNCc1ccc(F)cc1/C(N)=N/O. The van der Waals surface area contributed by atoms with Gasteiger partial charge < -0.3 is 16.3 Å². The summed E-state index contributed by atoms with van der Waals surface area (Å²) in [5.41, 5.74) is 6.60. The van der Waals surface area contributed by atoms with Crippen molar-refractivity contribution in [3.8, 4) is 11.8 Å². The number of halogens is 1. The Kier molecular flexibility index (Phi) is 4.98. The Bertz CT molecular complexity index is 474. The topological polar surface area (TPSA) is 70.6 Å². The van der Waals surface area contributed by atoms with Gasteiger partial charge >= 0.3 is 0 Å². The summed E-state index contributed by atoms with van der Waals surface area (Å²) < 4.78 is 13.1. The molecule has 0 fully saturated rings. The van der Waals surface area contributed by atoms with E-state index in [0.29, 0.717) is 18.7 Å². The predicted molar refractivity (Wildman–Crippen MR) is 64.1 cm³/mol. The molecule has 1 aromatic carbocycles. The monoisotopic (exact) mass is 235 g/mol. The standard InChI is InChI=1S/C12H14FN3O/c1-2-3-6-15-8-9-4-5-10(13)7-11(9)12(14)16-17/h4-5,7,15,17H,6,8H2,1H3,(H2,14,16). The van der Waals surface area contributed by atoms with Crippen LogP contribution in [0.2, 0.25) is 0 Å². The van der Waals surface area contributed by atoms with Crippen LogP contribution in [0.4, 0.5) is 4.39 Å². The average Bonchev–Trinajstić information content (AvgIpc) is 2.35. The molecule has 0 atom stereocenters. The summed E-state index contributed by atoms with van der Waals surface area (Å²) in [7, 11) is 0. The van der Waals surface area contributed by atoms with Gasteiger partial charge in [-0.05, 0) is 24.6 Å². The van der Waals surface area contributed by atoms with E-state index in [9.17, 15) is 4.39 Å². The Morgan fingerprint density at radius 2 is 2.35 bits per heavy atom. The van der Waals surface area contributed by atoms with Crippen LogP contribution in [-0.2, 0) is 6.54 Å². The van der Waals surface area contributed by atoms with Crippen molar-refractivity contribution in [1.29, 1.82) is 0 Å². The maximum Gasteiger partial charge on any atom is 0.170 e. The average molecular weight is 235 g/mol. The van der Waals surface area contributed by atoms with E-state index >= 15 is 0 Å². The number of benzene rings is 1. The highest BCUT2D eigenvalue weighted by molar-refractivity contribution is 5.98. The highest BCUT2D eigenvalue weighted by Crippen LogP contribution is 2.11. The van der Waals surface area contributed by atoms with E-state index in [1.54, 1.807) is 13.0 Å². The smallest absolute Gasteiger partial charge is 0.170 e. The Morgan fingerprint density at radius 1 is 1.59 bits per heavy atom. The van der Waals surface area contributed by atoms with Gasteiger partial charge in [0.15, 0.2) is 5.84 Å². The number of nitrogens with one attached hydrogen (secondary N) is 1. The summed E-state index contributed by atoms with van der Waals surface area (Å²) in [6.45, 7) is 2.76. The van der Waals surface area contributed by atoms with E-state index in [-0.39, 0.29) is 5.84 Å². The summed E-state index contributed by atoms with van der Waals surface area (Å²) in [5, 5.41) is 14.5. The lowest BCUT2D eigenvalue weighted by Crippen LogP contribution is -2.20. The molecule has 0 aliphatic carbocycles. The molecule has 1 rings (SSSR count). The molecule has 0 spiro atoms. The Hall–Kier alpha value is -2.06. The van der Waals surface area contributed by atoms with Crippen molar-refractivity contribution in [1.82, 2.24) is 5.32 Å². The fourth-order valence-electron chi connectivity index (χ4n) is 1.34. The molecule has 5 heteroatoms. The molecule has 0 saturated carbocycles. The first-order valence-corrected chi connectivity index (χ1v) is 5.05. The number of nitrogens with zero attached hydrogens (tertiary/aromatic N) is 1. The number of rotatable bonds is 4. The molecule has 0 bridgehead atoms. The van der Waals surface area contributed by atoms with Crippen LogP contribution >= 0.6 is 0 Å². The summed E-state index contributed by atoms with van der Waals surface area (Å²) in [6, 6.07) is 4.16. The molecule has 0 heterocycles. The van der Waals surface area contributed by atoms with E-state index in [0.717, 1.165) is 5.56 Å². The third kappa shape index (κ3) is 3.78. The van der Waals surface area contributed by atoms with Crippen LogP contribution in [0.1, 0.15) is 18.1 Å². The van der Waals surface area contributed by atoms with Gasteiger partial charge in [-0.25, -0.2) is 4.39 Å². The zero-order chi connectivity index (χ0) is 12.7. The van der Waals surface area contributed by atoms with Gasteiger partial charge in [0, 0.05) is 12.1 Å². The molecule has 0 aliphatic rings. The molecule has 0 radical (unpaired) electrons. The van der Waals surface area contributed by atoms with E-state index in [2.05, 4.69) is 22.3 Å². The van der Waals surface area contributed by atoms with Crippen molar-refractivity contribution >= 4 is 5.84 Å². The zero-order valence-corrected chi connectivity index (χ0v) is 9.50. The number of hydrogen-bond donors (Lipinski definition) is 3. The minimum atomic E-state index is -0.427. The number of nitrogens with two attached hydrogens (primary N) is 1. The molecule has 90 valence electrons. The Labute approximate surface area is 99.3 Å². The second kappa shape index (κ2) is 6.51. The van der Waals surface area contributed by atoms with E-state index in [4.69, 9.17) is 10.9 Å². The van der Waals surface area contributed by atoms with Crippen molar-refractivity contribution in [2.45, 2.75) is 13.5 Å².